The van der Waals surface area contributed by atoms with Gasteiger partial charge in [0.2, 0.25) is 0 Å². The molecule has 0 saturated heterocycles. The minimum Gasteiger partial charge on any atom is -0.309 e. The van der Waals surface area contributed by atoms with Gasteiger partial charge in [0.15, 0.2) is 0 Å². The lowest BCUT2D eigenvalue weighted by Gasteiger charge is -2.13. The Morgan fingerprint density at radius 2 is 0.831 bits per heavy atom. The van der Waals surface area contributed by atoms with Crippen molar-refractivity contribution < 1.29 is 0 Å². The summed E-state index contributed by atoms with van der Waals surface area (Å²) in [6, 6.07) is 70.3. The number of aromatic nitrogens is 3. The van der Waals surface area contributed by atoms with Crippen molar-refractivity contribution in [3.63, 3.8) is 0 Å². The Bertz CT molecular complexity index is 4290. The fraction of sp³-hybridized carbons (Fsp3) is 0. The maximum atomic E-state index is 2.61. The van der Waals surface area contributed by atoms with Crippen molar-refractivity contribution in [1.82, 2.24) is 13.4 Å². The van der Waals surface area contributed by atoms with Crippen molar-refractivity contribution in [2.45, 2.75) is 0 Å². The van der Waals surface area contributed by atoms with Gasteiger partial charge in [0.25, 0.3) is 0 Å². The van der Waals surface area contributed by atoms with E-state index in [1.54, 1.807) is 0 Å². The number of rotatable bonds is 2. The van der Waals surface area contributed by atoms with Crippen molar-refractivity contribution in [2.24, 2.45) is 0 Å². The third kappa shape index (κ3) is 3.62. The summed E-state index contributed by atoms with van der Waals surface area (Å²) in [6.45, 7) is 0. The van der Waals surface area contributed by atoms with Crippen LogP contribution in [0.15, 0.2) is 188 Å². The molecule has 5 aromatic heterocycles. The van der Waals surface area contributed by atoms with Crippen LogP contribution in [0.25, 0.3) is 136 Å². The van der Waals surface area contributed by atoms with Crippen LogP contribution in [-0.4, -0.2) is 13.4 Å². The molecule has 5 heterocycles. The average Bonchev–Trinajstić information content (AvgIpc) is 4.08. The summed E-state index contributed by atoms with van der Waals surface area (Å²) in [4.78, 5) is 0. The zero-order chi connectivity index (χ0) is 38.1. The third-order valence-electron chi connectivity index (χ3n) is 13.6. The molecule has 0 fully saturated rings. The molecule has 0 saturated carbocycles. The first-order valence-electron chi connectivity index (χ1n) is 20.5. The van der Waals surface area contributed by atoms with Crippen LogP contribution in [-0.2, 0) is 0 Å². The van der Waals surface area contributed by atoms with Gasteiger partial charge < -0.3 is 13.4 Å². The van der Waals surface area contributed by atoms with Gasteiger partial charge in [0.1, 0.15) is 0 Å². The minimum absolute atomic E-state index is 1.17. The maximum Gasteiger partial charge on any atom is 0.0626 e. The Balaban J connectivity index is 1.12. The summed E-state index contributed by atoms with van der Waals surface area (Å²) in [5, 5.41) is 18.0. The van der Waals surface area contributed by atoms with Crippen LogP contribution >= 0.6 is 0 Å². The number of hydrogen-bond acceptors (Lipinski definition) is 0. The van der Waals surface area contributed by atoms with Crippen molar-refractivity contribution in [2.75, 3.05) is 0 Å². The van der Waals surface area contributed by atoms with E-state index in [9.17, 15) is 0 Å². The molecule has 15 rings (SSSR count). The van der Waals surface area contributed by atoms with Gasteiger partial charge in [-0.1, -0.05) is 127 Å². The summed E-state index contributed by atoms with van der Waals surface area (Å²) in [7, 11) is 0. The van der Waals surface area contributed by atoms with Gasteiger partial charge in [0.05, 0.1) is 44.1 Å². The number of nitrogens with zero attached hydrogens (tertiary/aromatic N) is 3. The molecule has 0 atom stereocenters. The first-order valence-corrected chi connectivity index (χ1v) is 20.5. The molecular formula is C56H31N3. The lowest BCUT2D eigenvalue weighted by molar-refractivity contribution is 1.18. The van der Waals surface area contributed by atoms with Crippen LogP contribution in [0.3, 0.4) is 0 Å². The molecule has 3 heteroatoms. The molecule has 0 amide bonds. The van der Waals surface area contributed by atoms with E-state index >= 15 is 0 Å². The van der Waals surface area contributed by atoms with Crippen molar-refractivity contribution in [1.29, 1.82) is 0 Å². The molecule has 15 aromatic rings. The van der Waals surface area contributed by atoms with Gasteiger partial charge in [-0.15, -0.1) is 0 Å². The topological polar surface area (TPSA) is 13.8 Å². The lowest BCUT2D eigenvalue weighted by atomic mass is 9.93. The smallest absolute Gasteiger partial charge is 0.0626 e. The maximum absolute atomic E-state index is 2.61. The molecule has 0 aliphatic rings. The van der Waals surface area contributed by atoms with E-state index in [1.807, 2.05) is 0 Å². The second kappa shape index (κ2) is 10.5. The Morgan fingerprint density at radius 3 is 1.64 bits per heavy atom. The summed E-state index contributed by atoms with van der Waals surface area (Å²) < 4.78 is 7.55. The van der Waals surface area contributed by atoms with Crippen LogP contribution < -0.4 is 0 Å². The van der Waals surface area contributed by atoms with Crippen molar-refractivity contribution in [3.8, 4) is 16.8 Å². The van der Waals surface area contributed by atoms with E-state index in [-0.39, 0.29) is 0 Å². The lowest BCUT2D eigenvalue weighted by Crippen LogP contribution is -1.93. The van der Waals surface area contributed by atoms with Gasteiger partial charge >= 0.3 is 0 Å². The number of hydrogen-bond donors (Lipinski definition) is 0. The van der Waals surface area contributed by atoms with Crippen LogP contribution in [0.1, 0.15) is 0 Å². The monoisotopic (exact) mass is 745 g/mol. The third-order valence-corrected chi connectivity index (χ3v) is 13.6. The van der Waals surface area contributed by atoms with Crippen LogP contribution in [0.4, 0.5) is 0 Å². The number of fused-ring (bicyclic) bond motifs is 18. The number of benzene rings is 10. The highest BCUT2D eigenvalue weighted by atomic mass is 15.0. The highest BCUT2D eigenvalue weighted by Crippen LogP contribution is 2.49. The average molecular weight is 746 g/mol. The van der Waals surface area contributed by atoms with Crippen molar-refractivity contribution >= 4 is 120 Å². The van der Waals surface area contributed by atoms with Gasteiger partial charge in [0, 0.05) is 65.1 Å². The predicted octanol–water partition coefficient (Wildman–Crippen LogP) is 15.1. The van der Waals surface area contributed by atoms with Gasteiger partial charge in [-0.3, -0.25) is 0 Å². The van der Waals surface area contributed by atoms with E-state index in [0.29, 0.717) is 0 Å². The summed E-state index contributed by atoms with van der Waals surface area (Å²) >= 11 is 0. The Hall–Kier alpha value is -7.88. The highest BCUT2D eigenvalue weighted by Gasteiger charge is 2.26. The Morgan fingerprint density at radius 1 is 0.271 bits per heavy atom. The second-order valence-electron chi connectivity index (χ2n) is 16.4. The molecule has 0 unspecified atom stereocenters. The zero-order valence-corrected chi connectivity index (χ0v) is 31.7. The first kappa shape index (κ1) is 30.3. The standard InChI is InChI=1S/C56H31N3/c1-2-15-35(16-3-1)57-47-23-10-8-19-38(47)42-29-34(25-26-49(42)57)52-36-17-6-4-13-32(36)27-45-40-22-12-21-39-43-30-50-44(31-51(43)59(54(39)40)55(45)52)46-28-33-14-5-7-18-37(33)53-41-20-9-11-24-48(41)58(50)56(46)53/h1-31H. The largest absolute Gasteiger partial charge is 0.309 e. The molecular weight excluding hydrogens is 715 g/mol. The van der Waals surface area contributed by atoms with Crippen molar-refractivity contribution in [3.05, 3.63) is 188 Å². The molecule has 0 aliphatic carbocycles. The quantitative estimate of drug-likeness (QED) is 0.167. The van der Waals surface area contributed by atoms with E-state index in [0.717, 1.165) is 0 Å². The summed E-state index contributed by atoms with van der Waals surface area (Å²) in [6.07, 6.45) is 0. The molecule has 10 aromatic carbocycles. The second-order valence-corrected chi connectivity index (χ2v) is 16.4. The zero-order valence-electron chi connectivity index (χ0n) is 31.7. The summed E-state index contributed by atoms with van der Waals surface area (Å²) in [5.41, 5.74) is 13.7. The van der Waals surface area contributed by atoms with E-state index in [2.05, 4.69) is 201 Å². The normalized spacial score (nSPS) is 12.7. The first-order chi connectivity index (χ1) is 29.3. The SMILES string of the molecule is c1ccc(-n2c3ccccc3c3cc(-c4c5ccccc5cc5c6cccc7c8cc9c(cc8n(c45)c76)c4cc5ccccc5c5c6ccccc6n9c45)ccc32)cc1. The van der Waals surface area contributed by atoms with Crippen LogP contribution in [0.2, 0.25) is 0 Å². The fourth-order valence-corrected chi connectivity index (χ4v) is 11.3. The summed E-state index contributed by atoms with van der Waals surface area (Å²) in [5.74, 6) is 0. The number of para-hydroxylation sites is 4. The van der Waals surface area contributed by atoms with Gasteiger partial charge in [-0.05, 0) is 87.8 Å². The van der Waals surface area contributed by atoms with Crippen LogP contribution in [0.5, 0.6) is 0 Å². The van der Waals surface area contributed by atoms with E-state index in [4.69, 9.17) is 0 Å². The molecule has 0 spiro atoms. The van der Waals surface area contributed by atoms with Gasteiger partial charge in [-0.2, -0.15) is 0 Å². The Kier molecular flexibility index (Phi) is 5.41. The highest BCUT2D eigenvalue weighted by molar-refractivity contribution is 6.34. The molecule has 0 aliphatic heterocycles. The molecule has 3 nitrogen and oxygen atoms in total. The fourth-order valence-electron chi connectivity index (χ4n) is 11.3. The minimum atomic E-state index is 1.17. The molecule has 0 bridgehead atoms. The molecule has 0 radical (unpaired) electrons. The predicted molar refractivity (Wildman–Crippen MR) is 251 cm³/mol. The van der Waals surface area contributed by atoms with E-state index in [1.165, 1.54) is 136 Å². The van der Waals surface area contributed by atoms with Gasteiger partial charge in [-0.25, -0.2) is 0 Å². The van der Waals surface area contributed by atoms with Crippen LogP contribution in [0, 0.1) is 0 Å². The molecule has 0 N–H and O–H groups in total. The molecule has 59 heavy (non-hydrogen) atoms. The molecule has 270 valence electrons. The Labute approximate surface area is 336 Å². The van der Waals surface area contributed by atoms with E-state index < -0.39 is 0 Å².